The summed E-state index contributed by atoms with van der Waals surface area (Å²) in [4.78, 5) is 26.8. The average Bonchev–Trinajstić information content (AvgIpc) is 2.94. The lowest BCUT2D eigenvalue weighted by Crippen LogP contribution is -2.24. The average molecular weight is 338 g/mol. The molecule has 0 aliphatic rings. The monoisotopic (exact) mass is 338 g/mol. The number of rotatable bonds is 4. The minimum absolute atomic E-state index is 0.105. The van der Waals surface area contributed by atoms with E-state index in [9.17, 15) is 9.59 Å². The number of carbonyl (C=O) groups excluding carboxylic acids is 1. The first-order valence-electron chi connectivity index (χ1n) is 8.08. The third-order valence-electron chi connectivity index (χ3n) is 4.42. The Morgan fingerprint density at radius 3 is 2.44 bits per heavy atom. The van der Waals surface area contributed by atoms with Gasteiger partial charge >= 0.3 is 0 Å². The number of anilines is 1. The number of amides is 1. The molecule has 0 fully saturated rings. The van der Waals surface area contributed by atoms with Crippen molar-refractivity contribution in [2.75, 3.05) is 19.0 Å². The molecule has 3 rings (SSSR count). The summed E-state index contributed by atoms with van der Waals surface area (Å²) in [5.41, 5.74) is 3.26. The quantitative estimate of drug-likeness (QED) is 0.790. The van der Waals surface area contributed by atoms with Crippen LogP contribution in [0.3, 0.4) is 0 Å². The Morgan fingerprint density at radius 1 is 1.12 bits per heavy atom. The smallest absolute Gasteiger partial charge is 0.268 e. The van der Waals surface area contributed by atoms with Crippen molar-refractivity contribution >= 4 is 22.5 Å². The molecule has 0 bridgehead atoms. The van der Waals surface area contributed by atoms with E-state index >= 15 is 0 Å². The number of benzene rings is 1. The van der Waals surface area contributed by atoms with Gasteiger partial charge in [0.1, 0.15) is 5.69 Å². The molecule has 0 atom stereocenters. The first-order chi connectivity index (χ1) is 11.9. The van der Waals surface area contributed by atoms with Crippen LogP contribution in [0.25, 0.3) is 10.9 Å². The number of fused-ring (bicyclic) bond motifs is 1. The molecule has 0 spiro atoms. The lowest BCUT2D eigenvalue weighted by molar-refractivity contribution is 0.0943. The van der Waals surface area contributed by atoms with E-state index in [0.717, 1.165) is 16.8 Å². The van der Waals surface area contributed by atoms with Gasteiger partial charge in [0.2, 0.25) is 0 Å². The Hall–Kier alpha value is -3.02. The summed E-state index contributed by atoms with van der Waals surface area (Å²) in [5.74, 6) is -0.197. The molecule has 6 nitrogen and oxygen atoms in total. The SMILES string of the molecule is CN(C)c1ccc(CNC(=O)c2cc3c(=O)n(C)ccc3n2C)cc1. The van der Waals surface area contributed by atoms with E-state index in [4.69, 9.17) is 0 Å². The summed E-state index contributed by atoms with van der Waals surface area (Å²) in [6.07, 6.45) is 1.71. The van der Waals surface area contributed by atoms with Crippen molar-refractivity contribution in [1.29, 1.82) is 0 Å². The summed E-state index contributed by atoms with van der Waals surface area (Å²) >= 11 is 0. The van der Waals surface area contributed by atoms with Crippen molar-refractivity contribution in [3.8, 4) is 0 Å². The molecule has 0 aliphatic heterocycles. The third-order valence-corrected chi connectivity index (χ3v) is 4.42. The highest BCUT2D eigenvalue weighted by Gasteiger charge is 2.15. The van der Waals surface area contributed by atoms with Gasteiger partial charge in [0.25, 0.3) is 11.5 Å². The summed E-state index contributed by atoms with van der Waals surface area (Å²) in [6, 6.07) is 11.5. The van der Waals surface area contributed by atoms with E-state index in [-0.39, 0.29) is 11.5 Å². The molecule has 2 heterocycles. The number of nitrogens with zero attached hydrogens (tertiary/aromatic N) is 3. The second-order valence-electron chi connectivity index (χ2n) is 6.36. The van der Waals surface area contributed by atoms with E-state index in [1.807, 2.05) is 49.3 Å². The Bertz CT molecular complexity index is 981. The highest BCUT2D eigenvalue weighted by Crippen LogP contribution is 2.16. The van der Waals surface area contributed by atoms with Crippen molar-refractivity contribution in [2.24, 2.45) is 14.1 Å². The molecule has 130 valence electrons. The molecule has 0 unspecified atom stereocenters. The molecule has 1 N–H and O–H groups in total. The van der Waals surface area contributed by atoms with Gasteiger partial charge in [-0.05, 0) is 29.8 Å². The molecule has 1 aromatic carbocycles. The number of pyridine rings is 1. The zero-order chi connectivity index (χ0) is 18.1. The molecule has 25 heavy (non-hydrogen) atoms. The van der Waals surface area contributed by atoms with Gasteiger partial charge in [-0.2, -0.15) is 0 Å². The van der Waals surface area contributed by atoms with Crippen LogP contribution in [-0.4, -0.2) is 29.1 Å². The van der Waals surface area contributed by atoms with Crippen LogP contribution in [0.1, 0.15) is 16.1 Å². The maximum atomic E-state index is 12.5. The van der Waals surface area contributed by atoms with Crippen LogP contribution in [0.4, 0.5) is 5.69 Å². The fraction of sp³-hybridized carbons (Fsp3) is 0.263. The van der Waals surface area contributed by atoms with Crippen molar-refractivity contribution < 1.29 is 4.79 Å². The Labute approximate surface area is 146 Å². The van der Waals surface area contributed by atoms with Gasteiger partial charge in [-0.1, -0.05) is 12.1 Å². The maximum Gasteiger partial charge on any atom is 0.268 e. The van der Waals surface area contributed by atoms with E-state index in [1.165, 1.54) is 4.57 Å². The molecule has 0 saturated carbocycles. The van der Waals surface area contributed by atoms with Crippen molar-refractivity contribution in [1.82, 2.24) is 14.5 Å². The van der Waals surface area contributed by atoms with E-state index in [1.54, 1.807) is 30.9 Å². The second-order valence-corrected chi connectivity index (χ2v) is 6.36. The largest absolute Gasteiger partial charge is 0.378 e. The lowest BCUT2D eigenvalue weighted by atomic mass is 10.2. The van der Waals surface area contributed by atoms with Crippen LogP contribution in [0.5, 0.6) is 0 Å². The number of carbonyl (C=O) groups is 1. The number of hydrogen-bond acceptors (Lipinski definition) is 3. The summed E-state index contributed by atoms with van der Waals surface area (Å²) in [7, 11) is 7.47. The van der Waals surface area contributed by atoms with Crippen LogP contribution in [-0.2, 0) is 20.6 Å². The van der Waals surface area contributed by atoms with Gasteiger partial charge < -0.3 is 19.4 Å². The molecule has 6 heteroatoms. The molecule has 2 aromatic heterocycles. The zero-order valence-corrected chi connectivity index (χ0v) is 14.9. The van der Waals surface area contributed by atoms with Gasteiger partial charge in [0.15, 0.2) is 0 Å². The normalized spacial score (nSPS) is 10.9. The maximum absolute atomic E-state index is 12.5. The molecule has 0 saturated heterocycles. The molecular formula is C19H22N4O2. The fourth-order valence-electron chi connectivity index (χ4n) is 2.83. The van der Waals surface area contributed by atoms with Crippen LogP contribution in [0.15, 0.2) is 47.4 Å². The summed E-state index contributed by atoms with van der Waals surface area (Å²) < 4.78 is 3.26. The van der Waals surface area contributed by atoms with Crippen molar-refractivity contribution in [3.63, 3.8) is 0 Å². The van der Waals surface area contributed by atoms with Crippen LogP contribution < -0.4 is 15.8 Å². The van der Waals surface area contributed by atoms with E-state index in [2.05, 4.69) is 5.32 Å². The summed E-state index contributed by atoms with van der Waals surface area (Å²) in [6.45, 7) is 0.437. The van der Waals surface area contributed by atoms with Crippen LogP contribution >= 0.6 is 0 Å². The molecule has 0 radical (unpaired) electrons. The zero-order valence-electron chi connectivity index (χ0n) is 14.9. The highest BCUT2D eigenvalue weighted by molar-refractivity contribution is 5.98. The highest BCUT2D eigenvalue weighted by atomic mass is 16.2. The first kappa shape index (κ1) is 16.8. The van der Waals surface area contributed by atoms with Gasteiger partial charge in [0.05, 0.1) is 10.9 Å². The number of aromatic nitrogens is 2. The van der Waals surface area contributed by atoms with Crippen LogP contribution in [0, 0.1) is 0 Å². The number of hydrogen-bond donors (Lipinski definition) is 1. The minimum atomic E-state index is -0.197. The second kappa shape index (κ2) is 6.47. The predicted molar refractivity (Wildman–Crippen MR) is 100 cm³/mol. The molecule has 0 aliphatic carbocycles. The van der Waals surface area contributed by atoms with Crippen molar-refractivity contribution in [2.45, 2.75) is 6.54 Å². The predicted octanol–water partition coefficient (Wildman–Crippen LogP) is 1.87. The molecule has 3 aromatic rings. The minimum Gasteiger partial charge on any atom is -0.378 e. The Kier molecular flexibility index (Phi) is 4.35. The molecule has 1 amide bonds. The molecular weight excluding hydrogens is 316 g/mol. The summed E-state index contributed by atoms with van der Waals surface area (Å²) in [5, 5.41) is 3.47. The van der Waals surface area contributed by atoms with Crippen molar-refractivity contribution in [3.05, 3.63) is 64.2 Å². The van der Waals surface area contributed by atoms with Gasteiger partial charge in [-0.15, -0.1) is 0 Å². The van der Waals surface area contributed by atoms with E-state index < -0.39 is 0 Å². The van der Waals surface area contributed by atoms with Crippen LogP contribution in [0.2, 0.25) is 0 Å². The van der Waals surface area contributed by atoms with E-state index in [0.29, 0.717) is 17.6 Å². The fourth-order valence-corrected chi connectivity index (χ4v) is 2.83. The topological polar surface area (TPSA) is 59.3 Å². The standard InChI is InChI=1S/C19H22N4O2/c1-21(2)14-7-5-13(6-8-14)12-20-18(24)17-11-15-16(23(17)4)9-10-22(3)19(15)25/h5-11H,12H2,1-4H3,(H,20,24). The van der Waals surface area contributed by atoms with Gasteiger partial charge in [-0.25, -0.2) is 0 Å². The Balaban J connectivity index is 1.79. The number of aryl methyl sites for hydroxylation is 2. The third kappa shape index (κ3) is 3.15. The number of nitrogens with one attached hydrogen (secondary N) is 1. The Morgan fingerprint density at radius 2 is 1.80 bits per heavy atom. The first-order valence-corrected chi connectivity index (χ1v) is 8.08. The van der Waals surface area contributed by atoms with Gasteiger partial charge in [0, 0.05) is 46.6 Å². The van der Waals surface area contributed by atoms with Gasteiger partial charge in [-0.3, -0.25) is 9.59 Å². The lowest BCUT2D eigenvalue weighted by Gasteiger charge is -2.13.